The van der Waals surface area contributed by atoms with Gasteiger partial charge in [-0.25, -0.2) is 0 Å². The van der Waals surface area contributed by atoms with Crippen LogP contribution in [0, 0.1) is 6.67 Å². The van der Waals surface area contributed by atoms with Gasteiger partial charge in [-0.1, -0.05) is 43.2 Å². The maximum absolute atomic E-state index is 8.70. The molecule has 0 atom stereocenters. The van der Waals surface area contributed by atoms with Gasteiger partial charge in [0.1, 0.15) is 6.34 Å². The van der Waals surface area contributed by atoms with E-state index in [2.05, 4.69) is 23.9 Å². The lowest BCUT2D eigenvalue weighted by atomic mass is 10.2. The number of hydrogen-bond acceptors (Lipinski definition) is 4. The van der Waals surface area contributed by atoms with Crippen molar-refractivity contribution in [3.05, 3.63) is 42.6 Å². The van der Waals surface area contributed by atoms with E-state index in [0.717, 1.165) is 38.8 Å². The fourth-order valence-corrected chi connectivity index (χ4v) is 2.02. The predicted octanol–water partition coefficient (Wildman–Crippen LogP) is 2.30. The topological polar surface area (TPSA) is 39.1 Å². The van der Waals surface area contributed by atoms with E-state index in [9.17, 15) is 0 Å². The number of hydrazone groups is 1. The van der Waals surface area contributed by atoms with Gasteiger partial charge in [-0.2, -0.15) is 5.10 Å². The summed E-state index contributed by atoms with van der Waals surface area (Å²) < 4.78 is 0. The van der Waals surface area contributed by atoms with E-state index in [0.29, 0.717) is 6.61 Å². The Balaban J connectivity index is 1.62. The van der Waals surface area contributed by atoms with E-state index < -0.39 is 0 Å². The van der Waals surface area contributed by atoms with E-state index in [-0.39, 0.29) is 0 Å². The molecular weight excluding hydrogens is 238 g/mol. The van der Waals surface area contributed by atoms with Crippen LogP contribution in [0.1, 0.15) is 31.2 Å². The lowest BCUT2D eigenvalue weighted by molar-refractivity contribution is 0.274. The molecule has 4 heteroatoms. The number of unbranched alkanes of at least 4 members (excludes halogenated alkanes) is 3. The molecule has 0 spiro atoms. The molecular formula is C15H21N3O. The lowest BCUT2D eigenvalue weighted by Crippen LogP contribution is -2.21. The number of aliphatic hydroxyl groups excluding tert-OH is 1. The normalized spacial score (nSPS) is 14.4. The van der Waals surface area contributed by atoms with Crippen LogP contribution in [0.3, 0.4) is 0 Å². The first kappa shape index (κ1) is 13.9. The largest absolute Gasteiger partial charge is 0.396 e. The molecule has 1 aromatic carbocycles. The van der Waals surface area contributed by atoms with Crippen LogP contribution in [0.2, 0.25) is 0 Å². The smallest absolute Gasteiger partial charge is 0.227 e. The molecule has 1 heterocycles. The average Bonchev–Trinajstić information content (AvgIpc) is 2.87. The molecule has 0 aliphatic carbocycles. The van der Waals surface area contributed by atoms with Crippen molar-refractivity contribution < 1.29 is 5.11 Å². The highest BCUT2D eigenvalue weighted by Crippen LogP contribution is 2.13. The zero-order chi connectivity index (χ0) is 13.3. The van der Waals surface area contributed by atoms with Crippen molar-refractivity contribution in [2.75, 3.05) is 13.2 Å². The molecule has 1 aromatic rings. The third-order valence-corrected chi connectivity index (χ3v) is 3.05. The minimum absolute atomic E-state index is 0.297. The van der Waals surface area contributed by atoms with Gasteiger partial charge >= 0.3 is 0 Å². The van der Waals surface area contributed by atoms with Crippen molar-refractivity contribution in [1.82, 2.24) is 9.91 Å². The fourth-order valence-electron chi connectivity index (χ4n) is 2.02. The Bertz CT molecular complexity index is 380. The molecule has 0 bridgehead atoms. The maximum atomic E-state index is 8.70. The highest BCUT2D eigenvalue weighted by Gasteiger charge is 2.15. The molecule has 1 aliphatic heterocycles. The van der Waals surface area contributed by atoms with Gasteiger partial charge in [0.25, 0.3) is 0 Å². The number of benzene rings is 1. The second kappa shape index (κ2) is 7.79. The van der Waals surface area contributed by atoms with Crippen LogP contribution >= 0.6 is 0 Å². The molecule has 4 nitrogen and oxygen atoms in total. The summed E-state index contributed by atoms with van der Waals surface area (Å²) in [5.74, 6) is 0. The Hall–Kier alpha value is -1.55. The lowest BCUT2D eigenvalue weighted by Gasteiger charge is -2.16. The Morgan fingerprint density at radius 3 is 2.63 bits per heavy atom. The molecule has 0 amide bonds. The van der Waals surface area contributed by atoms with Crippen molar-refractivity contribution in [3.63, 3.8) is 0 Å². The first-order chi connectivity index (χ1) is 9.38. The van der Waals surface area contributed by atoms with E-state index in [1.54, 1.807) is 0 Å². The van der Waals surface area contributed by atoms with E-state index in [1.807, 2.05) is 34.4 Å². The van der Waals surface area contributed by atoms with Crippen molar-refractivity contribution in [1.29, 1.82) is 0 Å². The zero-order valence-corrected chi connectivity index (χ0v) is 11.2. The Morgan fingerprint density at radius 2 is 1.84 bits per heavy atom. The molecule has 0 aromatic heterocycles. The monoisotopic (exact) mass is 259 g/mol. The van der Waals surface area contributed by atoms with Crippen LogP contribution in [-0.4, -0.2) is 34.5 Å². The number of aliphatic hydroxyl groups is 1. The van der Waals surface area contributed by atoms with Crippen molar-refractivity contribution in [2.24, 2.45) is 5.10 Å². The quantitative estimate of drug-likeness (QED) is 0.728. The van der Waals surface area contributed by atoms with Gasteiger partial charge in [0.2, 0.25) is 6.67 Å². The molecule has 1 aliphatic rings. The first-order valence-corrected chi connectivity index (χ1v) is 6.88. The van der Waals surface area contributed by atoms with E-state index >= 15 is 0 Å². The zero-order valence-electron chi connectivity index (χ0n) is 11.2. The molecule has 19 heavy (non-hydrogen) atoms. The molecule has 102 valence electrons. The van der Waals surface area contributed by atoms with Gasteiger partial charge in [-0.05, 0) is 18.4 Å². The SMILES string of the molecule is OCCCCCCN1[C]N(Cc2ccccc2)C=N1. The van der Waals surface area contributed by atoms with Gasteiger partial charge in [0.15, 0.2) is 0 Å². The minimum atomic E-state index is 0.297. The van der Waals surface area contributed by atoms with Crippen LogP contribution in [0.25, 0.3) is 0 Å². The second-order valence-corrected chi connectivity index (χ2v) is 4.71. The highest BCUT2D eigenvalue weighted by molar-refractivity contribution is 5.57. The molecule has 0 saturated heterocycles. The van der Waals surface area contributed by atoms with Gasteiger partial charge in [0.05, 0.1) is 0 Å². The summed E-state index contributed by atoms with van der Waals surface area (Å²) >= 11 is 0. The minimum Gasteiger partial charge on any atom is -0.396 e. The summed E-state index contributed by atoms with van der Waals surface area (Å²) in [5.41, 5.74) is 1.26. The summed E-state index contributed by atoms with van der Waals surface area (Å²) in [6.07, 6.45) is 6.02. The fraction of sp³-hybridized carbons (Fsp3) is 0.467. The van der Waals surface area contributed by atoms with Crippen molar-refractivity contribution in [3.8, 4) is 0 Å². The summed E-state index contributed by atoms with van der Waals surface area (Å²) in [6, 6.07) is 10.3. The van der Waals surface area contributed by atoms with Crippen LogP contribution in [-0.2, 0) is 6.54 Å². The van der Waals surface area contributed by atoms with Crippen LogP contribution < -0.4 is 0 Å². The van der Waals surface area contributed by atoms with Gasteiger partial charge in [-0.15, -0.1) is 0 Å². The number of hydrogen-bond donors (Lipinski definition) is 1. The molecule has 0 fully saturated rings. The summed E-state index contributed by atoms with van der Waals surface area (Å²) in [6.45, 7) is 5.23. The Labute approximate surface area is 115 Å². The van der Waals surface area contributed by atoms with E-state index in [1.165, 1.54) is 5.56 Å². The van der Waals surface area contributed by atoms with Crippen molar-refractivity contribution >= 4 is 6.34 Å². The highest BCUT2D eigenvalue weighted by atomic mass is 16.2. The van der Waals surface area contributed by atoms with Gasteiger partial charge in [-0.3, -0.25) is 5.01 Å². The molecule has 0 saturated carbocycles. The first-order valence-electron chi connectivity index (χ1n) is 6.88. The summed E-state index contributed by atoms with van der Waals surface area (Å²) in [4.78, 5) is 1.98. The number of nitrogens with zero attached hydrogens (tertiary/aromatic N) is 3. The Kier molecular flexibility index (Phi) is 5.69. The average molecular weight is 259 g/mol. The van der Waals surface area contributed by atoms with Gasteiger partial charge in [0, 0.05) is 19.7 Å². The standard InChI is InChI=1S/C15H21N3O/c19-11-7-2-1-6-10-18-14-17(13-16-18)12-15-8-4-3-5-9-15/h3-5,8-9,13,19H,1-2,6-7,10-12H2. The van der Waals surface area contributed by atoms with Crippen LogP contribution in [0.5, 0.6) is 0 Å². The van der Waals surface area contributed by atoms with Crippen LogP contribution in [0.4, 0.5) is 0 Å². The summed E-state index contributed by atoms with van der Waals surface area (Å²) in [7, 11) is 0. The molecule has 2 radical (unpaired) electrons. The third kappa shape index (κ3) is 4.91. The maximum Gasteiger partial charge on any atom is 0.227 e. The van der Waals surface area contributed by atoms with E-state index in [4.69, 9.17) is 5.11 Å². The molecule has 2 rings (SSSR count). The van der Waals surface area contributed by atoms with Crippen molar-refractivity contribution in [2.45, 2.75) is 32.2 Å². The van der Waals surface area contributed by atoms with Crippen LogP contribution in [0.15, 0.2) is 35.4 Å². The second-order valence-electron chi connectivity index (χ2n) is 4.71. The summed E-state index contributed by atoms with van der Waals surface area (Å²) in [5, 5.41) is 14.9. The third-order valence-electron chi connectivity index (χ3n) is 3.05. The number of rotatable bonds is 8. The molecule has 1 N–H and O–H groups in total. The molecule has 0 unspecified atom stereocenters. The van der Waals surface area contributed by atoms with Gasteiger partial charge < -0.3 is 10.0 Å². The Morgan fingerprint density at radius 1 is 1.05 bits per heavy atom. The predicted molar refractivity (Wildman–Crippen MR) is 76.0 cm³/mol.